The molecule has 0 aromatic heterocycles. The molecular formula is C31H23NO12. The highest BCUT2D eigenvalue weighted by atomic mass is 16.6. The van der Waals surface area contributed by atoms with Gasteiger partial charge in [0.15, 0.2) is 17.3 Å². The molecule has 0 atom stereocenters. The van der Waals surface area contributed by atoms with Crippen LogP contribution in [0.4, 0.5) is 4.79 Å². The number of ketones is 1. The zero-order chi connectivity index (χ0) is 32.1. The maximum Gasteiger partial charge on any atom is 0.412 e. The molecule has 0 saturated carbocycles. The lowest BCUT2D eigenvalue weighted by Crippen LogP contribution is -2.29. The number of carbonyl (C=O) groups is 5. The molecule has 1 amide bonds. The number of amides is 1. The minimum atomic E-state index is -1.52. The van der Waals surface area contributed by atoms with Crippen LogP contribution in [0, 0.1) is 0 Å². The van der Waals surface area contributed by atoms with Gasteiger partial charge in [0.1, 0.15) is 28.2 Å². The maximum atomic E-state index is 12.4. The van der Waals surface area contributed by atoms with Crippen LogP contribution >= 0.6 is 0 Å². The normalized spacial score (nSPS) is 13.5. The molecule has 13 heteroatoms. The molecule has 0 aliphatic heterocycles. The van der Waals surface area contributed by atoms with Gasteiger partial charge in [-0.1, -0.05) is 24.3 Å². The molecule has 0 spiro atoms. The number of rotatable bonds is 9. The molecule has 0 radical (unpaired) electrons. The Labute approximate surface area is 247 Å². The zero-order valence-electron chi connectivity index (χ0n) is 22.5. The van der Waals surface area contributed by atoms with Gasteiger partial charge in [0, 0.05) is 6.54 Å². The van der Waals surface area contributed by atoms with Crippen molar-refractivity contribution in [1.82, 2.24) is 5.32 Å². The van der Waals surface area contributed by atoms with Gasteiger partial charge in [0.05, 0.1) is 0 Å². The van der Waals surface area contributed by atoms with E-state index >= 15 is 0 Å². The fourth-order valence-electron chi connectivity index (χ4n) is 4.33. The van der Waals surface area contributed by atoms with Crippen LogP contribution in [0.1, 0.15) is 37.4 Å². The second-order valence-corrected chi connectivity index (χ2v) is 9.33. The van der Waals surface area contributed by atoms with Gasteiger partial charge in [-0.15, -0.1) is 0 Å². The monoisotopic (exact) mass is 601 g/mol. The van der Waals surface area contributed by atoms with Crippen LogP contribution < -0.4 is 10.1 Å². The van der Waals surface area contributed by atoms with Crippen LogP contribution in [-0.2, 0) is 16.0 Å². The van der Waals surface area contributed by atoms with Crippen LogP contribution in [0.25, 0.3) is 5.57 Å². The molecule has 1 aliphatic carbocycles. The van der Waals surface area contributed by atoms with Gasteiger partial charge in [0.2, 0.25) is 0 Å². The molecule has 0 saturated heterocycles. The van der Waals surface area contributed by atoms with Crippen molar-refractivity contribution in [2.24, 2.45) is 0 Å². The summed E-state index contributed by atoms with van der Waals surface area (Å²) in [6.07, 6.45) is 2.59. The molecule has 44 heavy (non-hydrogen) atoms. The Morgan fingerprint density at radius 1 is 0.705 bits per heavy atom. The van der Waals surface area contributed by atoms with E-state index in [-0.39, 0.29) is 52.5 Å². The number of aromatic carboxylic acids is 2. The molecule has 3 aromatic rings. The highest BCUT2D eigenvalue weighted by Crippen LogP contribution is 2.35. The van der Waals surface area contributed by atoms with E-state index in [1.807, 2.05) is 0 Å². The summed E-state index contributed by atoms with van der Waals surface area (Å²) in [4.78, 5) is 60.1. The number of aromatic hydroxyl groups is 3. The Kier molecular flexibility index (Phi) is 8.79. The lowest BCUT2D eigenvalue weighted by Gasteiger charge is -2.17. The first-order valence-corrected chi connectivity index (χ1v) is 12.7. The average molecular weight is 602 g/mol. The fourth-order valence-corrected chi connectivity index (χ4v) is 4.33. The molecule has 3 aromatic carbocycles. The Morgan fingerprint density at radius 3 is 1.98 bits per heavy atom. The van der Waals surface area contributed by atoms with Crippen molar-refractivity contribution in [1.29, 1.82) is 0 Å². The molecule has 1 aliphatic rings. The molecule has 224 valence electrons. The number of carbonyl (C=O) groups excluding carboxylic acids is 2. The first-order chi connectivity index (χ1) is 20.8. The van der Waals surface area contributed by atoms with Crippen LogP contribution in [0.15, 0.2) is 84.0 Å². The highest BCUT2D eigenvalue weighted by molar-refractivity contribution is 6.23. The SMILES string of the molecule is O=C(NCCc1ccc(O)c(O)c1)Oc1ccc(/C(=C2\C=CC(=O)C(C(=O)O)=C2)c2ccc(O)c(C(=O)O)c2)cc1C(=O)O. The number of carboxylic acids is 3. The van der Waals surface area contributed by atoms with E-state index in [0.29, 0.717) is 5.56 Å². The number of ether oxygens (including phenoxy) is 1. The molecule has 0 fully saturated rings. The van der Waals surface area contributed by atoms with Gasteiger partial charge >= 0.3 is 24.0 Å². The van der Waals surface area contributed by atoms with E-state index in [4.69, 9.17) is 4.74 Å². The number of hydrogen-bond donors (Lipinski definition) is 7. The Bertz CT molecular complexity index is 1820. The quantitative estimate of drug-likeness (QED) is 0.138. The standard InChI is InChI=1S/C31H23NO12/c33-22-6-2-16(12-19(22)28(37)38)27(17-3-7-23(34)20(13-17)29(39)40)18-4-8-26(21(14-18)30(41)42)44-31(43)32-10-9-15-1-5-24(35)25(36)11-15/h1-8,11-14,33,35-36H,9-10H2,(H,32,43)(H,37,38)(H,39,40)(H,41,42)/b27-17+. The number of nitrogens with one attached hydrogen (secondary N) is 1. The van der Waals surface area contributed by atoms with Crippen molar-refractivity contribution >= 4 is 35.4 Å². The number of allylic oxidation sites excluding steroid dienone is 4. The van der Waals surface area contributed by atoms with Gasteiger partial charge < -0.3 is 40.7 Å². The molecule has 13 nitrogen and oxygen atoms in total. The van der Waals surface area contributed by atoms with Gasteiger partial charge in [-0.25, -0.2) is 19.2 Å². The van der Waals surface area contributed by atoms with Crippen LogP contribution in [-0.4, -0.2) is 67.0 Å². The van der Waals surface area contributed by atoms with Crippen LogP contribution in [0.5, 0.6) is 23.0 Å². The maximum absolute atomic E-state index is 12.4. The second kappa shape index (κ2) is 12.7. The van der Waals surface area contributed by atoms with Crippen molar-refractivity contribution in [2.45, 2.75) is 6.42 Å². The summed E-state index contributed by atoms with van der Waals surface area (Å²) in [6, 6.07) is 11.3. The van der Waals surface area contributed by atoms with Crippen molar-refractivity contribution in [3.05, 3.63) is 112 Å². The first-order valence-electron chi connectivity index (χ1n) is 12.7. The van der Waals surface area contributed by atoms with Gasteiger partial charge in [-0.2, -0.15) is 0 Å². The van der Waals surface area contributed by atoms with Crippen molar-refractivity contribution in [3.63, 3.8) is 0 Å². The number of phenolic OH excluding ortho intramolecular Hbond substituents is 2. The smallest absolute Gasteiger partial charge is 0.412 e. The Hall–Kier alpha value is -6.37. The van der Waals surface area contributed by atoms with E-state index in [1.54, 1.807) is 0 Å². The minimum absolute atomic E-state index is 0.0375. The van der Waals surface area contributed by atoms with Crippen molar-refractivity contribution < 1.29 is 59.3 Å². The van der Waals surface area contributed by atoms with E-state index in [2.05, 4.69) is 5.32 Å². The van der Waals surface area contributed by atoms with Crippen molar-refractivity contribution in [2.75, 3.05) is 6.54 Å². The highest BCUT2D eigenvalue weighted by Gasteiger charge is 2.24. The van der Waals surface area contributed by atoms with Gasteiger partial charge in [0.25, 0.3) is 0 Å². The molecule has 0 unspecified atom stereocenters. The van der Waals surface area contributed by atoms with Crippen LogP contribution in [0.2, 0.25) is 0 Å². The van der Waals surface area contributed by atoms with Gasteiger partial charge in [-0.05, 0) is 82.8 Å². The summed E-state index contributed by atoms with van der Waals surface area (Å²) in [7, 11) is 0. The lowest BCUT2D eigenvalue weighted by molar-refractivity contribution is -0.134. The van der Waals surface area contributed by atoms with Crippen molar-refractivity contribution in [3.8, 4) is 23.0 Å². The number of hydrogen-bond acceptors (Lipinski definition) is 9. The fraction of sp³-hybridized carbons (Fsp3) is 0.0645. The minimum Gasteiger partial charge on any atom is -0.507 e. The summed E-state index contributed by atoms with van der Waals surface area (Å²) < 4.78 is 5.21. The lowest BCUT2D eigenvalue weighted by atomic mass is 9.87. The number of phenols is 3. The van der Waals surface area contributed by atoms with E-state index in [1.165, 1.54) is 42.5 Å². The van der Waals surface area contributed by atoms with E-state index < -0.39 is 52.2 Å². The predicted molar refractivity (Wildman–Crippen MR) is 152 cm³/mol. The summed E-state index contributed by atoms with van der Waals surface area (Å²) in [5.41, 5.74) is -0.466. The Balaban J connectivity index is 1.71. The summed E-state index contributed by atoms with van der Waals surface area (Å²) in [5, 5.41) is 60.4. The zero-order valence-corrected chi connectivity index (χ0v) is 22.5. The molecular weight excluding hydrogens is 578 g/mol. The summed E-state index contributed by atoms with van der Waals surface area (Å²) in [5.74, 6) is -6.80. The average Bonchev–Trinajstić information content (AvgIpc) is 2.97. The third kappa shape index (κ3) is 6.74. The van der Waals surface area contributed by atoms with Gasteiger partial charge in [-0.3, -0.25) is 4.79 Å². The third-order valence-electron chi connectivity index (χ3n) is 6.44. The molecule has 4 rings (SSSR count). The predicted octanol–water partition coefficient (Wildman–Crippen LogP) is 3.48. The molecule has 0 heterocycles. The number of benzene rings is 3. The summed E-state index contributed by atoms with van der Waals surface area (Å²) >= 11 is 0. The number of aliphatic carboxylic acids is 1. The molecule has 0 bridgehead atoms. The van der Waals surface area contributed by atoms with E-state index in [0.717, 1.165) is 30.4 Å². The number of carboxylic acid groups (broad SMARTS) is 3. The largest absolute Gasteiger partial charge is 0.507 e. The van der Waals surface area contributed by atoms with E-state index in [9.17, 15) is 54.6 Å². The summed E-state index contributed by atoms with van der Waals surface area (Å²) in [6.45, 7) is 0.0375. The first kappa shape index (κ1) is 30.6. The Morgan fingerprint density at radius 2 is 1.34 bits per heavy atom. The topological polar surface area (TPSA) is 228 Å². The molecule has 7 N–H and O–H groups in total. The third-order valence-corrected chi connectivity index (χ3v) is 6.44. The van der Waals surface area contributed by atoms with Crippen LogP contribution in [0.3, 0.4) is 0 Å². The second-order valence-electron chi connectivity index (χ2n) is 9.33.